The van der Waals surface area contributed by atoms with Crippen molar-refractivity contribution in [1.82, 2.24) is 0 Å². The van der Waals surface area contributed by atoms with Crippen molar-refractivity contribution in [2.24, 2.45) is 0 Å². The van der Waals surface area contributed by atoms with Crippen molar-refractivity contribution in [2.45, 2.75) is 62.8 Å². The van der Waals surface area contributed by atoms with Gasteiger partial charge in [-0.25, -0.2) is 0 Å². The highest BCUT2D eigenvalue weighted by Crippen LogP contribution is 2.15. The average molecular weight is 369 g/mol. The van der Waals surface area contributed by atoms with E-state index in [0.29, 0.717) is 0 Å². The Morgan fingerprint density at radius 3 is 1.44 bits per heavy atom. The molecule has 152 valence electrons. The Morgan fingerprint density at radius 2 is 1.15 bits per heavy atom. The van der Waals surface area contributed by atoms with Crippen LogP contribution < -0.4 is 0 Å². The lowest BCUT2D eigenvalue weighted by Gasteiger charge is -1.99. The fraction of sp³-hybridized carbons (Fsp3) is 0.333. The molecule has 27 heavy (non-hydrogen) atoms. The zero-order chi connectivity index (χ0) is 20.6. The fourth-order valence-electron chi connectivity index (χ4n) is 1.72. The van der Waals surface area contributed by atoms with Gasteiger partial charge in [-0.15, -0.1) is 0 Å². The molecule has 0 nitrogen and oxygen atoms in total. The summed E-state index contributed by atoms with van der Waals surface area (Å²) in [6, 6.07) is 20.5. The minimum Gasteiger partial charge on any atom is -0.0990 e. The highest BCUT2D eigenvalue weighted by molar-refractivity contribution is 5.74. The Bertz CT molecular complexity index is 545. The molecule has 0 bridgehead atoms. The van der Waals surface area contributed by atoms with Crippen LogP contribution in [0.15, 0.2) is 91.5 Å². The van der Waals surface area contributed by atoms with E-state index in [-0.39, 0.29) is 7.43 Å². The molecule has 0 aromatic heterocycles. The Kier molecular flexibility index (Phi) is 34.1. The maximum Gasteiger partial charge on any atom is -0.0184 e. The molecule has 2 aromatic rings. The standard InChI is InChI=1S/C13H14.C7H8.3C2H6.CH4/c1-3-8-12(9-4-2)13-10-6-5-7-11-13;1-7-5-3-2-4-6-7;3*1-2;/h3-11H,1H2,2H3;2-6H,1H3;3*1-2H3;1H4/b9-4-,12-8+;;;;;. The van der Waals surface area contributed by atoms with Crippen LogP contribution in [0, 0.1) is 6.92 Å². The zero-order valence-corrected chi connectivity index (χ0v) is 18.3. The van der Waals surface area contributed by atoms with Gasteiger partial charge in [-0.2, -0.15) is 0 Å². The molecule has 0 heteroatoms. The number of hydrogen-bond donors (Lipinski definition) is 0. The van der Waals surface area contributed by atoms with E-state index in [9.17, 15) is 0 Å². The van der Waals surface area contributed by atoms with E-state index in [2.05, 4.69) is 43.8 Å². The quantitative estimate of drug-likeness (QED) is 0.473. The Morgan fingerprint density at radius 1 is 0.741 bits per heavy atom. The van der Waals surface area contributed by atoms with Crippen LogP contribution in [-0.4, -0.2) is 0 Å². The summed E-state index contributed by atoms with van der Waals surface area (Å²) in [4.78, 5) is 0. The average Bonchev–Trinajstić information content (AvgIpc) is 2.74. The lowest BCUT2D eigenvalue weighted by atomic mass is 10.1. The molecular formula is C27H44. The second-order valence-corrected chi connectivity index (χ2v) is 4.38. The number of allylic oxidation sites excluding steroid dienone is 5. The fourth-order valence-corrected chi connectivity index (χ4v) is 1.72. The monoisotopic (exact) mass is 368 g/mol. The third kappa shape index (κ3) is 19.8. The van der Waals surface area contributed by atoms with Crippen LogP contribution in [-0.2, 0) is 0 Å². The summed E-state index contributed by atoms with van der Waals surface area (Å²) in [5, 5.41) is 0. The van der Waals surface area contributed by atoms with Gasteiger partial charge in [0.25, 0.3) is 0 Å². The molecule has 2 rings (SSSR count). The van der Waals surface area contributed by atoms with E-state index in [1.165, 1.54) is 16.7 Å². The van der Waals surface area contributed by atoms with Gasteiger partial charge in [-0.05, 0) is 25.0 Å². The summed E-state index contributed by atoms with van der Waals surface area (Å²) in [5.41, 5.74) is 3.74. The van der Waals surface area contributed by atoms with Gasteiger partial charge in [0.2, 0.25) is 0 Å². The van der Waals surface area contributed by atoms with Crippen LogP contribution in [0.3, 0.4) is 0 Å². The lowest BCUT2D eigenvalue weighted by molar-refractivity contribution is 1.48. The van der Waals surface area contributed by atoms with E-state index in [1.807, 2.05) is 103 Å². The first kappa shape index (κ1) is 32.3. The highest BCUT2D eigenvalue weighted by atomic mass is 14.0. The molecule has 0 atom stereocenters. The van der Waals surface area contributed by atoms with Crippen molar-refractivity contribution in [3.8, 4) is 0 Å². The third-order valence-corrected chi connectivity index (χ3v) is 2.69. The second kappa shape index (κ2) is 28.5. The molecule has 0 unspecified atom stereocenters. The van der Waals surface area contributed by atoms with Gasteiger partial charge in [-0.1, -0.05) is 146 Å². The number of benzene rings is 2. The van der Waals surface area contributed by atoms with Gasteiger partial charge < -0.3 is 0 Å². The molecular weight excluding hydrogens is 324 g/mol. The summed E-state index contributed by atoms with van der Waals surface area (Å²) in [6.45, 7) is 19.8. The SMILES string of the molecule is C.C=C/C=C(\C=C/C)c1ccccc1.CC.CC.CC.Cc1ccccc1. The van der Waals surface area contributed by atoms with Gasteiger partial charge in [0.05, 0.1) is 0 Å². The van der Waals surface area contributed by atoms with Crippen molar-refractivity contribution >= 4 is 5.57 Å². The molecule has 2 aromatic carbocycles. The Labute approximate surface area is 171 Å². The van der Waals surface area contributed by atoms with Crippen LogP contribution in [0.2, 0.25) is 0 Å². The molecule has 0 aliphatic rings. The van der Waals surface area contributed by atoms with Crippen LogP contribution in [0.4, 0.5) is 0 Å². The van der Waals surface area contributed by atoms with Crippen LogP contribution >= 0.6 is 0 Å². The van der Waals surface area contributed by atoms with Gasteiger partial charge in [0, 0.05) is 0 Å². The largest absolute Gasteiger partial charge is 0.0990 e. The summed E-state index contributed by atoms with van der Waals surface area (Å²) in [7, 11) is 0. The van der Waals surface area contributed by atoms with Crippen molar-refractivity contribution in [3.63, 3.8) is 0 Å². The maximum atomic E-state index is 3.70. The zero-order valence-electron chi connectivity index (χ0n) is 18.3. The first-order valence-electron chi connectivity index (χ1n) is 9.80. The lowest BCUT2D eigenvalue weighted by Crippen LogP contribution is -1.78. The molecule has 0 radical (unpaired) electrons. The van der Waals surface area contributed by atoms with E-state index < -0.39 is 0 Å². The van der Waals surface area contributed by atoms with Crippen molar-refractivity contribution in [1.29, 1.82) is 0 Å². The predicted octanol–water partition coefficient (Wildman–Crippen LogP) is 9.54. The first-order valence-corrected chi connectivity index (χ1v) is 9.80. The summed E-state index contributed by atoms with van der Waals surface area (Å²) in [6.07, 6.45) is 7.93. The molecule has 0 N–H and O–H groups in total. The van der Waals surface area contributed by atoms with Gasteiger partial charge >= 0.3 is 0 Å². The molecule has 0 aliphatic carbocycles. The predicted molar refractivity (Wildman–Crippen MR) is 131 cm³/mol. The summed E-state index contributed by atoms with van der Waals surface area (Å²) < 4.78 is 0. The number of hydrogen-bond acceptors (Lipinski definition) is 0. The molecule has 0 saturated heterocycles. The van der Waals surface area contributed by atoms with E-state index in [4.69, 9.17) is 0 Å². The van der Waals surface area contributed by atoms with Crippen molar-refractivity contribution < 1.29 is 0 Å². The topological polar surface area (TPSA) is 0 Å². The van der Waals surface area contributed by atoms with E-state index in [0.717, 1.165) is 0 Å². The third-order valence-electron chi connectivity index (χ3n) is 2.69. The maximum absolute atomic E-state index is 3.70. The molecule has 0 heterocycles. The highest BCUT2D eigenvalue weighted by Gasteiger charge is 1.93. The van der Waals surface area contributed by atoms with Crippen molar-refractivity contribution in [2.75, 3.05) is 0 Å². The molecule has 0 fully saturated rings. The Hall–Kier alpha value is -2.34. The van der Waals surface area contributed by atoms with Crippen LogP contribution in [0.1, 0.15) is 67.0 Å². The normalized spacial score (nSPS) is 8.67. The summed E-state index contributed by atoms with van der Waals surface area (Å²) >= 11 is 0. The van der Waals surface area contributed by atoms with Crippen LogP contribution in [0.5, 0.6) is 0 Å². The first-order chi connectivity index (χ1) is 12.8. The minimum atomic E-state index is 0. The molecule has 0 amide bonds. The van der Waals surface area contributed by atoms with Gasteiger partial charge in [0.1, 0.15) is 0 Å². The smallest absolute Gasteiger partial charge is 0.0184 e. The van der Waals surface area contributed by atoms with Crippen LogP contribution in [0.25, 0.3) is 5.57 Å². The molecule has 0 saturated carbocycles. The number of rotatable bonds is 3. The second-order valence-electron chi connectivity index (χ2n) is 4.38. The van der Waals surface area contributed by atoms with Crippen molar-refractivity contribution in [3.05, 3.63) is 103 Å². The Balaban J connectivity index is -0.000000161. The van der Waals surface area contributed by atoms with E-state index >= 15 is 0 Å². The van der Waals surface area contributed by atoms with Gasteiger partial charge in [-0.3, -0.25) is 0 Å². The van der Waals surface area contributed by atoms with E-state index in [1.54, 1.807) is 0 Å². The molecule has 0 aliphatic heterocycles. The number of aryl methyl sites for hydroxylation is 1. The van der Waals surface area contributed by atoms with Gasteiger partial charge in [0.15, 0.2) is 0 Å². The minimum absolute atomic E-state index is 0. The summed E-state index contributed by atoms with van der Waals surface area (Å²) in [5.74, 6) is 0. The molecule has 0 spiro atoms.